The van der Waals surface area contributed by atoms with E-state index in [-0.39, 0.29) is 55.5 Å². The summed E-state index contributed by atoms with van der Waals surface area (Å²) in [4.78, 5) is 73.1. The van der Waals surface area contributed by atoms with E-state index < -0.39 is 29.9 Å². The molecule has 42 heavy (non-hydrogen) atoms. The molecular formula is C30H47N5O7. The number of nitrogens with two attached hydrogens (primary N) is 1. The van der Waals surface area contributed by atoms with E-state index in [1.54, 1.807) is 58.9 Å². The maximum atomic E-state index is 13.2. The number of benzene rings is 1. The number of carbonyl (C=O) groups excluding carboxylic acids is 6. The van der Waals surface area contributed by atoms with E-state index in [1.807, 2.05) is 0 Å². The Morgan fingerprint density at radius 3 is 2.07 bits per heavy atom. The fraction of sp³-hybridized carbons (Fsp3) is 0.600. The van der Waals surface area contributed by atoms with E-state index in [9.17, 15) is 28.8 Å². The maximum absolute atomic E-state index is 13.2. The van der Waals surface area contributed by atoms with Crippen LogP contribution in [0.1, 0.15) is 85.1 Å². The van der Waals surface area contributed by atoms with Crippen molar-refractivity contribution in [3.8, 4) is 0 Å². The van der Waals surface area contributed by atoms with Crippen molar-refractivity contribution in [2.24, 2.45) is 17.6 Å². The number of ether oxygens (including phenoxy) is 1. The Balaban J connectivity index is 2.85. The average Bonchev–Trinajstić information content (AvgIpc) is 2.94. The fourth-order valence-corrected chi connectivity index (χ4v) is 3.85. The van der Waals surface area contributed by atoms with Gasteiger partial charge < -0.3 is 31.7 Å². The van der Waals surface area contributed by atoms with Gasteiger partial charge in [-0.15, -0.1) is 0 Å². The zero-order valence-corrected chi connectivity index (χ0v) is 25.4. The predicted molar refractivity (Wildman–Crippen MR) is 159 cm³/mol. The Morgan fingerprint density at radius 1 is 0.857 bits per heavy atom. The highest BCUT2D eigenvalue weighted by molar-refractivity contribution is 5.98. The smallest absolute Gasteiger partial charge is 0.312 e. The van der Waals surface area contributed by atoms with Crippen LogP contribution >= 0.6 is 0 Å². The molecule has 0 aromatic heterocycles. The molecule has 0 fully saturated rings. The molecule has 6 N–H and O–H groups in total. The zero-order chi connectivity index (χ0) is 31.7. The van der Waals surface area contributed by atoms with Crippen LogP contribution in [0.5, 0.6) is 0 Å². The van der Waals surface area contributed by atoms with Crippen LogP contribution in [0.3, 0.4) is 0 Å². The van der Waals surface area contributed by atoms with Gasteiger partial charge in [-0.25, -0.2) is 4.79 Å². The van der Waals surface area contributed by atoms with Gasteiger partial charge in [0.05, 0.1) is 5.92 Å². The molecule has 0 aliphatic carbocycles. The molecule has 2 atom stereocenters. The molecule has 0 saturated carbocycles. The van der Waals surface area contributed by atoms with E-state index in [1.165, 1.54) is 0 Å². The number of urea groups is 1. The average molecular weight is 590 g/mol. The molecule has 12 nitrogen and oxygen atoms in total. The highest BCUT2D eigenvalue weighted by Gasteiger charge is 2.28. The van der Waals surface area contributed by atoms with Crippen molar-refractivity contribution in [2.45, 2.75) is 98.3 Å². The monoisotopic (exact) mass is 589 g/mol. The summed E-state index contributed by atoms with van der Waals surface area (Å²) in [5, 5.41) is 10.7. The topological polar surface area (TPSA) is 186 Å². The van der Waals surface area contributed by atoms with Crippen LogP contribution in [-0.4, -0.2) is 54.1 Å². The van der Waals surface area contributed by atoms with Crippen molar-refractivity contribution >= 4 is 41.2 Å². The van der Waals surface area contributed by atoms with Gasteiger partial charge in [-0.3, -0.25) is 24.0 Å². The second-order valence-electron chi connectivity index (χ2n) is 10.8. The zero-order valence-electron chi connectivity index (χ0n) is 25.4. The standard InChI is InChI=1S/C30H47N5O7/c1-6-23(36)10-7-8-12-25(37)35-26(19(2)3)28(39)34-24(11-9-17-32-30(31)41)27(38)33-22-15-13-21(14-16-22)18-42-29(40)20(4)5/h13-16,19-20,24,26H,6-12,17-18H2,1-5H3,(H,33,38)(H,34,39)(H,35,37)(H3,31,32,41)/t24-,26-/m0/s1. The third-order valence-corrected chi connectivity index (χ3v) is 6.45. The molecule has 0 aliphatic heterocycles. The van der Waals surface area contributed by atoms with Crippen molar-refractivity contribution in [1.29, 1.82) is 0 Å². The number of primary amides is 1. The Kier molecular flexibility index (Phi) is 16.5. The molecule has 234 valence electrons. The van der Waals surface area contributed by atoms with Crippen molar-refractivity contribution in [1.82, 2.24) is 16.0 Å². The fourth-order valence-electron chi connectivity index (χ4n) is 3.85. The van der Waals surface area contributed by atoms with Crippen LogP contribution in [-0.2, 0) is 35.3 Å². The number of esters is 1. The lowest BCUT2D eigenvalue weighted by molar-refractivity contribution is -0.148. The maximum Gasteiger partial charge on any atom is 0.312 e. The summed E-state index contributed by atoms with van der Waals surface area (Å²) < 4.78 is 5.22. The van der Waals surface area contributed by atoms with Gasteiger partial charge in [0.25, 0.3) is 0 Å². The van der Waals surface area contributed by atoms with Gasteiger partial charge in [-0.1, -0.05) is 46.8 Å². The summed E-state index contributed by atoms with van der Waals surface area (Å²) in [6, 6.07) is 4.23. The number of unbranched alkanes of at least 4 members (excludes halogenated alkanes) is 1. The van der Waals surface area contributed by atoms with E-state index in [0.717, 1.165) is 5.56 Å². The van der Waals surface area contributed by atoms with Crippen LogP contribution in [0.4, 0.5) is 10.5 Å². The van der Waals surface area contributed by atoms with Gasteiger partial charge in [0, 0.05) is 31.5 Å². The summed E-state index contributed by atoms with van der Waals surface area (Å²) in [6.07, 6.45) is 2.76. The highest BCUT2D eigenvalue weighted by Crippen LogP contribution is 2.13. The van der Waals surface area contributed by atoms with Gasteiger partial charge in [0.15, 0.2) is 0 Å². The number of rotatable bonds is 19. The van der Waals surface area contributed by atoms with Crippen LogP contribution in [0.15, 0.2) is 24.3 Å². The molecule has 0 unspecified atom stereocenters. The van der Waals surface area contributed by atoms with Crippen LogP contribution in [0.25, 0.3) is 0 Å². The lowest BCUT2D eigenvalue weighted by Gasteiger charge is -2.25. The van der Waals surface area contributed by atoms with Crippen molar-refractivity contribution in [3.63, 3.8) is 0 Å². The normalized spacial score (nSPS) is 12.3. The summed E-state index contributed by atoms with van der Waals surface area (Å²) in [5.74, 6) is -1.95. The molecule has 1 aromatic rings. The molecule has 1 aromatic carbocycles. The summed E-state index contributed by atoms with van der Waals surface area (Å²) in [6.45, 7) is 9.19. The Morgan fingerprint density at radius 2 is 1.50 bits per heavy atom. The molecule has 0 aliphatic rings. The lowest BCUT2D eigenvalue weighted by Crippen LogP contribution is -2.54. The minimum Gasteiger partial charge on any atom is -0.461 e. The number of amides is 5. The SMILES string of the molecule is CCC(=O)CCCCC(=O)N[C@H](C(=O)N[C@@H](CCCNC(N)=O)C(=O)Nc1ccc(COC(=O)C(C)C)cc1)C(C)C. The summed E-state index contributed by atoms with van der Waals surface area (Å²) >= 11 is 0. The van der Waals surface area contributed by atoms with Crippen LogP contribution in [0, 0.1) is 11.8 Å². The first kappa shape index (κ1) is 36.1. The molecule has 12 heteroatoms. The van der Waals surface area contributed by atoms with E-state index in [4.69, 9.17) is 10.5 Å². The first-order valence-corrected chi connectivity index (χ1v) is 14.5. The Bertz CT molecular complexity index is 1060. The summed E-state index contributed by atoms with van der Waals surface area (Å²) in [7, 11) is 0. The minimum absolute atomic E-state index is 0.107. The van der Waals surface area contributed by atoms with E-state index >= 15 is 0 Å². The largest absolute Gasteiger partial charge is 0.461 e. The first-order chi connectivity index (χ1) is 19.8. The van der Waals surface area contributed by atoms with Gasteiger partial charge in [0.1, 0.15) is 24.5 Å². The molecule has 5 amide bonds. The molecule has 0 bridgehead atoms. The van der Waals surface area contributed by atoms with Crippen LogP contribution < -0.4 is 27.0 Å². The predicted octanol–water partition coefficient (Wildman–Crippen LogP) is 2.94. The molecule has 1 rings (SSSR count). The number of Topliss-reactive ketones (excluding diaryl/α,β-unsaturated/α-hetero) is 1. The minimum atomic E-state index is -0.961. The first-order valence-electron chi connectivity index (χ1n) is 14.5. The van der Waals surface area contributed by atoms with Crippen molar-refractivity contribution in [3.05, 3.63) is 29.8 Å². The van der Waals surface area contributed by atoms with Gasteiger partial charge in [0.2, 0.25) is 17.7 Å². The van der Waals surface area contributed by atoms with Crippen molar-refractivity contribution < 1.29 is 33.5 Å². The third kappa shape index (κ3) is 14.6. The number of carbonyl (C=O) groups is 6. The molecule has 0 radical (unpaired) electrons. The molecule has 0 saturated heterocycles. The summed E-state index contributed by atoms with van der Waals surface area (Å²) in [5.41, 5.74) is 6.34. The lowest BCUT2D eigenvalue weighted by atomic mass is 10.0. The third-order valence-electron chi connectivity index (χ3n) is 6.45. The van der Waals surface area contributed by atoms with Gasteiger partial charge in [-0.05, 0) is 49.3 Å². The van der Waals surface area contributed by atoms with Crippen molar-refractivity contribution in [2.75, 3.05) is 11.9 Å². The number of hydrogen-bond donors (Lipinski definition) is 5. The molecule has 0 spiro atoms. The Hall–Kier alpha value is -3.96. The second-order valence-corrected chi connectivity index (χ2v) is 10.8. The van der Waals surface area contributed by atoms with Crippen LogP contribution in [0.2, 0.25) is 0 Å². The second kappa shape index (κ2) is 19.2. The van der Waals surface area contributed by atoms with Gasteiger partial charge >= 0.3 is 12.0 Å². The number of hydrogen-bond acceptors (Lipinski definition) is 7. The van der Waals surface area contributed by atoms with E-state index in [0.29, 0.717) is 37.8 Å². The molecular weight excluding hydrogens is 542 g/mol. The number of anilines is 1. The number of nitrogens with one attached hydrogen (secondary N) is 4. The number of ketones is 1. The Labute approximate surface area is 248 Å². The quantitative estimate of drug-likeness (QED) is 0.121. The molecule has 0 heterocycles. The van der Waals surface area contributed by atoms with Gasteiger partial charge in [-0.2, -0.15) is 0 Å². The highest BCUT2D eigenvalue weighted by atomic mass is 16.5. The van der Waals surface area contributed by atoms with E-state index in [2.05, 4.69) is 21.3 Å².